The first kappa shape index (κ1) is 21.8. The Morgan fingerprint density at radius 2 is 1.77 bits per heavy atom. The largest absolute Gasteiger partial charge is 0.494 e. The second-order valence-corrected chi connectivity index (χ2v) is 8.59. The van der Waals surface area contributed by atoms with E-state index < -0.39 is 0 Å². The molecule has 0 aliphatic carbocycles. The molecule has 168 valence electrons. The van der Waals surface area contributed by atoms with E-state index in [0.29, 0.717) is 50.1 Å². The maximum Gasteiger partial charge on any atom is 0.277 e. The molecule has 2 amide bonds. The third kappa shape index (κ3) is 4.77. The smallest absolute Gasteiger partial charge is 0.277 e. The minimum absolute atomic E-state index is 0.156. The van der Waals surface area contributed by atoms with Crippen LogP contribution in [0.3, 0.4) is 0 Å². The number of rotatable bonds is 7. The lowest BCUT2D eigenvalue weighted by atomic mass is 9.97. The molecule has 0 aromatic heterocycles. The molecule has 0 N–H and O–H groups in total. The molecule has 3 heterocycles. The number of hydrogen-bond donors (Lipinski definition) is 0. The van der Waals surface area contributed by atoms with Crippen LogP contribution in [0.2, 0.25) is 0 Å². The number of morpholine rings is 1. The van der Waals surface area contributed by atoms with Crippen LogP contribution in [0.4, 0.5) is 0 Å². The van der Waals surface area contributed by atoms with Crippen LogP contribution in [0.1, 0.15) is 32.3 Å². The predicted octanol–water partition coefficient (Wildman–Crippen LogP) is 2.23. The predicted molar refractivity (Wildman–Crippen MR) is 118 cm³/mol. The Morgan fingerprint density at radius 3 is 2.45 bits per heavy atom. The Labute approximate surface area is 184 Å². The summed E-state index contributed by atoms with van der Waals surface area (Å²) in [5, 5.41) is 0. The van der Waals surface area contributed by atoms with Crippen LogP contribution in [0.25, 0.3) is 5.57 Å². The van der Waals surface area contributed by atoms with Crippen molar-refractivity contribution in [1.82, 2.24) is 14.7 Å². The summed E-state index contributed by atoms with van der Waals surface area (Å²) >= 11 is 0. The second kappa shape index (κ2) is 9.83. The van der Waals surface area contributed by atoms with Crippen LogP contribution in [0.5, 0.6) is 5.75 Å². The number of carbonyl (C=O) groups is 2. The third-order valence-corrected chi connectivity index (χ3v) is 6.31. The lowest BCUT2D eigenvalue weighted by Gasteiger charge is -2.33. The standard InChI is InChI=1S/C24H33N3O4/c1-3-31-20-8-6-19(7-9-20)21-22(26-10-4-5-18(2)17-26)24(29)27(23(21)28)12-11-25-13-15-30-16-14-25/h6-9,18H,3-5,10-17H2,1-2H3. The van der Waals surface area contributed by atoms with Crippen LogP contribution in [-0.2, 0) is 14.3 Å². The van der Waals surface area contributed by atoms with Gasteiger partial charge < -0.3 is 14.4 Å². The van der Waals surface area contributed by atoms with Crippen LogP contribution in [0.15, 0.2) is 30.0 Å². The summed E-state index contributed by atoms with van der Waals surface area (Å²) in [4.78, 5) is 32.8. The monoisotopic (exact) mass is 427 g/mol. The molecule has 1 atom stereocenters. The first-order chi connectivity index (χ1) is 15.1. The van der Waals surface area contributed by atoms with E-state index >= 15 is 0 Å². The zero-order chi connectivity index (χ0) is 21.8. The number of hydrogen-bond acceptors (Lipinski definition) is 6. The Morgan fingerprint density at radius 1 is 1.03 bits per heavy atom. The van der Waals surface area contributed by atoms with Gasteiger partial charge in [0.05, 0.1) is 25.4 Å². The van der Waals surface area contributed by atoms with E-state index in [1.54, 1.807) is 0 Å². The van der Waals surface area contributed by atoms with Gasteiger partial charge in [-0.05, 0) is 43.4 Å². The van der Waals surface area contributed by atoms with Crippen molar-refractivity contribution in [3.8, 4) is 5.75 Å². The molecule has 1 unspecified atom stereocenters. The van der Waals surface area contributed by atoms with Crippen molar-refractivity contribution in [1.29, 1.82) is 0 Å². The minimum Gasteiger partial charge on any atom is -0.494 e. The Balaban J connectivity index is 1.60. The van der Waals surface area contributed by atoms with Crippen LogP contribution >= 0.6 is 0 Å². The van der Waals surface area contributed by atoms with Crippen molar-refractivity contribution >= 4 is 17.4 Å². The maximum atomic E-state index is 13.5. The SMILES string of the molecule is CCOc1ccc(C2=C(N3CCCC(C)C3)C(=O)N(CCN3CCOCC3)C2=O)cc1. The molecule has 3 aliphatic heterocycles. The van der Waals surface area contributed by atoms with Gasteiger partial charge in [-0.15, -0.1) is 0 Å². The van der Waals surface area contributed by atoms with Gasteiger partial charge >= 0.3 is 0 Å². The Bertz CT molecular complexity index is 830. The summed E-state index contributed by atoms with van der Waals surface area (Å²) in [5.41, 5.74) is 1.88. The topological polar surface area (TPSA) is 62.3 Å². The number of carbonyl (C=O) groups excluding carboxylic acids is 2. The molecule has 0 saturated carbocycles. The van der Waals surface area contributed by atoms with E-state index in [9.17, 15) is 9.59 Å². The molecular formula is C24H33N3O4. The van der Waals surface area contributed by atoms with Gasteiger partial charge in [-0.3, -0.25) is 19.4 Å². The molecule has 3 aliphatic rings. The van der Waals surface area contributed by atoms with Crippen molar-refractivity contribution in [2.24, 2.45) is 5.92 Å². The van der Waals surface area contributed by atoms with Crippen molar-refractivity contribution in [2.45, 2.75) is 26.7 Å². The molecule has 4 rings (SSSR count). The lowest BCUT2D eigenvalue weighted by molar-refractivity contribution is -0.138. The molecule has 1 aromatic carbocycles. The van der Waals surface area contributed by atoms with Crippen molar-refractivity contribution in [3.05, 3.63) is 35.5 Å². The molecule has 0 radical (unpaired) electrons. The van der Waals surface area contributed by atoms with E-state index in [-0.39, 0.29) is 11.8 Å². The number of amides is 2. The zero-order valence-electron chi connectivity index (χ0n) is 18.6. The highest BCUT2D eigenvalue weighted by Crippen LogP contribution is 2.34. The number of imide groups is 1. The average Bonchev–Trinajstić information content (AvgIpc) is 3.03. The summed E-state index contributed by atoms with van der Waals surface area (Å²) in [6.45, 7) is 10.5. The fourth-order valence-corrected chi connectivity index (χ4v) is 4.66. The van der Waals surface area contributed by atoms with Crippen molar-refractivity contribution in [3.63, 3.8) is 0 Å². The number of likely N-dealkylation sites (tertiary alicyclic amines) is 1. The summed E-state index contributed by atoms with van der Waals surface area (Å²) in [6, 6.07) is 7.53. The summed E-state index contributed by atoms with van der Waals surface area (Å²) in [6.07, 6.45) is 2.20. The summed E-state index contributed by atoms with van der Waals surface area (Å²) < 4.78 is 11.0. The maximum absolute atomic E-state index is 13.5. The van der Waals surface area contributed by atoms with E-state index in [4.69, 9.17) is 9.47 Å². The molecule has 0 spiro atoms. The van der Waals surface area contributed by atoms with Gasteiger partial charge in [0, 0.05) is 39.3 Å². The molecule has 7 heteroatoms. The third-order valence-electron chi connectivity index (χ3n) is 6.31. The highest BCUT2D eigenvalue weighted by Gasteiger charge is 2.42. The number of piperidine rings is 1. The van der Waals surface area contributed by atoms with Gasteiger partial charge in [-0.2, -0.15) is 0 Å². The normalized spacial score (nSPS) is 23.1. The van der Waals surface area contributed by atoms with E-state index in [0.717, 1.165) is 50.3 Å². The van der Waals surface area contributed by atoms with Gasteiger partial charge in [0.15, 0.2) is 0 Å². The molecule has 2 saturated heterocycles. The highest BCUT2D eigenvalue weighted by molar-refractivity contribution is 6.35. The fourth-order valence-electron chi connectivity index (χ4n) is 4.66. The quantitative estimate of drug-likeness (QED) is 0.622. The molecule has 2 fully saturated rings. The summed E-state index contributed by atoms with van der Waals surface area (Å²) in [5.74, 6) is 0.931. The number of benzene rings is 1. The van der Waals surface area contributed by atoms with Crippen LogP contribution in [0, 0.1) is 5.92 Å². The van der Waals surface area contributed by atoms with E-state index in [1.165, 1.54) is 4.90 Å². The minimum atomic E-state index is -0.185. The van der Waals surface area contributed by atoms with Crippen molar-refractivity contribution < 1.29 is 19.1 Å². The molecule has 7 nitrogen and oxygen atoms in total. The van der Waals surface area contributed by atoms with Gasteiger partial charge in [0.25, 0.3) is 11.8 Å². The molecular weight excluding hydrogens is 394 g/mol. The molecule has 0 bridgehead atoms. The average molecular weight is 428 g/mol. The fraction of sp³-hybridized carbons (Fsp3) is 0.583. The van der Waals surface area contributed by atoms with Gasteiger partial charge in [0.1, 0.15) is 11.4 Å². The van der Waals surface area contributed by atoms with Crippen LogP contribution < -0.4 is 4.74 Å². The Hall–Kier alpha value is -2.38. The molecule has 1 aromatic rings. The number of nitrogens with zero attached hydrogens (tertiary/aromatic N) is 3. The zero-order valence-corrected chi connectivity index (χ0v) is 18.6. The Kier molecular flexibility index (Phi) is 6.92. The van der Waals surface area contributed by atoms with Gasteiger partial charge in [-0.25, -0.2) is 0 Å². The van der Waals surface area contributed by atoms with E-state index in [1.807, 2.05) is 31.2 Å². The number of ether oxygens (including phenoxy) is 2. The first-order valence-corrected chi connectivity index (χ1v) is 11.5. The first-order valence-electron chi connectivity index (χ1n) is 11.5. The summed E-state index contributed by atoms with van der Waals surface area (Å²) in [7, 11) is 0. The van der Waals surface area contributed by atoms with Crippen molar-refractivity contribution in [2.75, 3.05) is 59.1 Å². The van der Waals surface area contributed by atoms with Gasteiger partial charge in [0.2, 0.25) is 0 Å². The lowest BCUT2D eigenvalue weighted by Crippen LogP contribution is -2.44. The van der Waals surface area contributed by atoms with Crippen LogP contribution in [-0.4, -0.2) is 85.6 Å². The van der Waals surface area contributed by atoms with Gasteiger partial charge in [-0.1, -0.05) is 19.1 Å². The molecule has 31 heavy (non-hydrogen) atoms. The highest BCUT2D eigenvalue weighted by atomic mass is 16.5. The second-order valence-electron chi connectivity index (χ2n) is 8.59. The van der Waals surface area contributed by atoms with E-state index in [2.05, 4.69) is 16.7 Å².